The van der Waals surface area contributed by atoms with Gasteiger partial charge >= 0.3 is 0 Å². The molecule has 1 aliphatic heterocycles. The second-order valence-electron chi connectivity index (χ2n) is 8.18. The molecule has 28 heavy (non-hydrogen) atoms. The summed E-state index contributed by atoms with van der Waals surface area (Å²) < 4.78 is 2.12. The minimum Gasteiger partial charge on any atom is -0.343 e. The Balaban J connectivity index is 1.52. The Morgan fingerprint density at radius 2 is 1.93 bits per heavy atom. The molecule has 5 nitrogen and oxygen atoms in total. The normalized spacial score (nSPS) is 19.0. The fourth-order valence-corrected chi connectivity index (χ4v) is 5.45. The number of nitrogens with zero attached hydrogens (tertiary/aromatic N) is 2. The van der Waals surface area contributed by atoms with Crippen molar-refractivity contribution in [1.29, 1.82) is 0 Å². The van der Waals surface area contributed by atoms with Gasteiger partial charge in [0.05, 0.1) is 18.5 Å². The first kappa shape index (κ1) is 19.1. The van der Waals surface area contributed by atoms with E-state index in [2.05, 4.69) is 10.6 Å². The van der Waals surface area contributed by atoms with Gasteiger partial charge in [0, 0.05) is 28.2 Å². The van der Waals surface area contributed by atoms with Crippen molar-refractivity contribution in [3.05, 3.63) is 45.4 Å². The first-order chi connectivity index (χ1) is 13.4. The van der Waals surface area contributed by atoms with Crippen LogP contribution in [0.15, 0.2) is 23.6 Å². The van der Waals surface area contributed by atoms with Crippen molar-refractivity contribution in [2.24, 2.45) is 5.41 Å². The summed E-state index contributed by atoms with van der Waals surface area (Å²) in [6, 6.07) is 5.98. The third kappa shape index (κ3) is 3.24. The number of ketones is 1. The predicted molar refractivity (Wildman–Crippen MR) is 109 cm³/mol. The zero-order valence-electron chi connectivity index (χ0n) is 16.5. The number of Topliss-reactive ketones (excluding diaryl/α,β-unsaturated/α-hetero) is 1. The molecular formula is C22H26N2O3S. The van der Waals surface area contributed by atoms with Gasteiger partial charge in [-0.05, 0) is 44.2 Å². The van der Waals surface area contributed by atoms with Crippen molar-refractivity contribution in [2.75, 3.05) is 6.54 Å². The summed E-state index contributed by atoms with van der Waals surface area (Å²) >= 11 is 1.69. The van der Waals surface area contributed by atoms with Crippen LogP contribution in [-0.4, -0.2) is 33.6 Å². The van der Waals surface area contributed by atoms with Gasteiger partial charge in [0.25, 0.3) is 0 Å². The van der Waals surface area contributed by atoms with Crippen LogP contribution < -0.4 is 0 Å². The average Bonchev–Trinajstić information content (AvgIpc) is 3.34. The number of aryl methyl sites for hydroxylation is 1. The Morgan fingerprint density at radius 1 is 1.18 bits per heavy atom. The van der Waals surface area contributed by atoms with Crippen molar-refractivity contribution < 1.29 is 14.4 Å². The van der Waals surface area contributed by atoms with Crippen molar-refractivity contribution in [3.63, 3.8) is 0 Å². The molecule has 6 heteroatoms. The molecule has 4 rings (SSSR count). The average molecular weight is 399 g/mol. The number of carbonyl (C=O) groups is 3. The molecule has 0 bridgehead atoms. The first-order valence-electron chi connectivity index (χ1n) is 9.98. The number of aromatic nitrogens is 1. The van der Waals surface area contributed by atoms with Gasteiger partial charge in [0.1, 0.15) is 0 Å². The number of hydrogen-bond donors (Lipinski definition) is 0. The Hall–Kier alpha value is -2.21. The van der Waals surface area contributed by atoms with E-state index in [1.807, 2.05) is 31.4 Å². The first-order valence-corrected chi connectivity index (χ1v) is 10.9. The molecule has 2 fully saturated rings. The zero-order chi connectivity index (χ0) is 19.9. The van der Waals surface area contributed by atoms with Crippen LogP contribution in [0.5, 0.6) is 0 Å². The van der Waals surface area contributed by atoms with Crippen LogP contribution in [0.25, 0.3) is 0 Å². The highest BCUT2D eigenvalue weighted by atomic mass is 32.1. The van der Waals surface area contributed by atoms with E-state index in [4.69, 9.17) is 0 Å². The summed E-state index contributed by atoms with van der Waals surface area (Å²) in [5, 5.41) is 2.04. The second-order valence-corrected chi connectivity index (χ2v) is 9.21. The summed E-state index contributed by atoms with van der Waals surface area (Å²) in [7, 11) is 0. The van der Waals surface area contributed by atoms with Gasteiger partial charge in [-0.15, -0.1) is 11.3 Å². The number of carbonyl (C=O) groups excluding carboxylic acids is 3. The summed E-state index contributed by atoms with van der Waals surface area (Å²) in [5.41, 5.74) is 1.98. The molecule has 2 amide bonds. The number of thiophene rings is 1. The molecule has 1 saturated carbocycles. The SMILES string of the molecule is Cc1cc(C(=O)CN2C(=O)CC3(CCCCC3)C2=O)c(C)n1Cc1cccs1. The molecule has 3 heterocycles. The number of likely N-dealkylation sites (tertiary alicyclic amines) is 1. The van der Waals surface area contributed by atoms with Gasteiger partial charge in [-0.25, -0.2) is 0 Å². The van der Waals surface area contributed by atoms with Gasteiger partial charge in [0.2, 0.25) is 11.8 Å². The molecule has 1 aliphatic carbocycles. The smallest absolute Gasteiger partial charge is 0.236 e. The van der Waals surface area contributed by atoms with Gasteiger partial charge in [0.15, 0.2) is 5.78 Å². The standard InChI is InChI=1S/C22H26N2O3S/c1-15-11-18(16(2)23(15)13-17-7-6-10-28-17)19(25)14-24-20(26)12-22(21(24)27)8-4-3-5-9-22/h6-7,10-11H,3-5,8-9,12-14H2,1-2H3. The lowest BCUT2D eigenvalue weighted by molar-refractivity contribution is -0.141. The van der Waals surface area contributed by atoms with Gasteiger partial charge < -0.3 is 4.57 Å². The highest BCUT2D eigenvalue weighted by Gasteiger charge is 2.51. The lowest BCUT2D eigenvalue weighted by Gasteiger charge is -2.30. The molecule has 148 valence electrons. The molecule has 0 atom stereocenters. The molecule has 0 N–H and O–H groups in total. The predicted octanol–water partition coefficient (Wildman–Crippen LogP) is 4.11. The summed E-state index contributed by atoms with van der Waals surface area (Å²) in [6.45, 7) is 4.51. The monoisotopic (exact) mass is 398 g/mol. The van der Waals surface area contributed by atoms with Gasteiger partial charge in [-0.1, -0.05) is 25.3 Å². The van der Waals surface area contributed by atoms with E-state index in [0.29, 0.717) is 5.56 Å². The molecule has 1 saturated heterocycles. The molecule has 0 unspecified atom stereocenters. The largest absolute Gasteiger partial charge is 0.343 e. The van der Waals surface area contributed by atoms with E-state index in [9.17, 15) is 14.4 Å². The third-order valence-electron chi connectivity index (χ3n) is 6.37. The number of amides is 2. The van der Waals surface area contributed by atoms with Crippen LogP contribution in [0.2, 0.25) is 0 Å². The van der Waals surface area contributed by atoms with Crippen molar-refractivity contribution in [3.8, 4) is 0 Å². The minimum absolute atomic E-state index is 0.127. The Kier molecular flexibility index (Phi) is 5.00. The molecule has 2 aromatic rings. The molecule has 0 radical (unpaired) electrons. The molecular weight excluding hydrogens is 372 g/mol. The Labute approximate surface area is 169 Å². The van der Waals surface area contributed by atoms with Gasteiger partial charge in [-0.2, -0.15) is 0 Å². The highest BCUT2D eigenvalue weighted by molar-refractivity contribution is 7.09. The van der Waals surface area contributed by atoms with Crippen LogP contribution in [0, 0.1) is 19.3 Å². The molecule has 0 aromatic carbocycles. The second kappa shape index (κ2) is 7.32. The summed E-state index contributed by atoms with van der Waals surface area (Å²) in [4.78, 5) is 41.0. The lowest BCUT2D eigenvalue weighted by Crippen LogP contribution is -2.39. The third-order valence-corrected chi connectivity index (χ3v) is 7.23. The minimum atomic E-state index is -0.536. The van der Waals surface area contributed by atoms with Gasteiger partial charge in [-0.3, -0.25) is 19.3 Å². The number of imide groups is 1. The van der Waals surface area contributed by atoms with Crippen LogP contribution >= 0.6 is 11.3 Å². The van der Waals surface area contributed by atoms with Crippen molar-refractivity contribution in [2.45, 2.75) is 58.9 Å². The maximum absolute atomic E-state index is 13.0. The van der Waals surface area contributed by atoms with E-state index in [0.717, 1.165) is 50.0 Å². The summed E-state index contributed by atoms with van der Waals surface area (Å²) in [6.07, 6.45) is 4.93. The fourth-order valence-electron chi connectivity index (χ4n) is 4.75. The maximum atomic E-state index is 13.0. The van der Waals surface area contributed by atoms with Crippen molar-refractivity contribution >= 4 is 28.9 Å². The number of rotatable bonds is 5. The molecule has 2 aliphatic rings. The lowest BCUT2D eigenvalue weighted by atomic mass is 9.73. The molecule has 1 spiro atoms. The van der Waals surface area contributed by atoms with E-state index in [1.165, 1.54) is 9.78 Å². The molecule has 2 aromatic heterocycles. The van der Waals surface area contributed by atoms with Crippen molar-refractivity contribution in [1.82, 2.24) is 9.47 Å². The quantitative estimate of drug-likeness (QED) is 0.563. The highest BCUT2D eigenvalue weighted by Crippen LogP contribution is 2.45. The van der Waals surface area contributed by atoms with Crippen LogP contribution in [0.4, 0.5) is 0 Å². The summed E-state index contributed by atoms with van der Waals surface area (Å²) in [5.74, 6) is -0.467. The fraction of sp³-hybridized carbons (Fsp3) is 0.500. The maximum Gasteiger partial charge on any atom is 0.236 e. The number of hydrogen-bond acceptors (Lipinski definition) is 4. The van der Waals surface area contributed by atoms with Crippen LogP contribution in [-0.2, 0) is 16.1 Å². The van der Waals surface area contributed by atoms with Crippen LogP contribution in [0.3, 0.4) is 0 Å². The topological polar surface area (TPSA) is 59.4 Å². The van der Waals surface area contributed by atoms with E-state index >= 15 is 0 Å². The Bertz CT molecular complexity index is 920. The van der Waals surface area contributed by atoms with E-state index < -0.39 is 5.41 Å². The zero-order valence-corrected chi connectivity index (χ0v) is 17.3. The van der Waals surface area contributed by atoms with Crippen LogP contribution in [0.1, 0.15) is 65.1 Å². The van der Waals surface area contributed by atoms with E-state index in [-0.39, 0.29) is 30.6 Å². The van der Waals surface area contributed by atoms with E-state index in [1.54, 1.807) is 11.3 Å². The Morgan fingerprint density at radius 3 is 2.61 bits per heavy atom.